The van der Waals surface area contributed by atoms with Crippen molar-refractivity contribution in [2.24, 2.45) is 0 Å². The van der Waals surface area contributed by atoms with Gasteiger partial charge in [0, 0.05) is 16.8 Å². The predicted molar refractivity (Wildman–Crippen MR) is 203 cm³/mol. The van der Waals surface area contributed by atoms with Crippen LogP contribution in [0.3, 0.4) is 0 Å². The van der Waals surface area contributed by atoms with E-state index < -0.39 is 0 Å². The minimum Gasteiger partial charge on any atom is -0.310 e. The van der Waals surface area contributed by atoms with Crippen molar-refractivity contribution in [3.63, 3.8) is 0 Å². The van der Waals surface area contributed by atoms with E-state index in [1.807, 2.05) is 0 Å². The number of hydrogen-bond acceptors (Lipinski definition) is 1. The van der Waals surface area contributed by atoms with E-state index in [1.165, 1.54) is 60.1 Å². The first kappa shape index (κ1) is 28.5. The van der Waals surface area contributed by atoms with Crippen LogP contribution in [0.5, 0.6) is 0 Å². The van der Waals surface area contributed by atoms with Crippen LogP contribution in [-0.2, 0) is 6.42 Å². The summed E-state index contributed by atoms with van der Waals surface area (Å²) in [7, 11) is 0. The lowest BCUT2D eigenvalue weighted by Gasteiger charge is -2.27. The Balaban J connectivity index is 1.20. The Morgan fingerprint density at radius 1 is 0.468 bits per heavy atom. The number of nitrogens with zero attached hydrogens (tertiary/aromatic N) is 1. The van der Waals surface area contributed by atoms with E-state index in [2.05, 4.69) is 194 Å². The molecule has 0 fully saturated rings. The summed E-state index contributed by atoms with van der Waals surface area (Å²) in [4.78, 5) is 2.39. The van der Waals surface area contributed by atoms with Gasteiger partial charge in [-0.1, -0.05) is 152 Å². The van der Waals surface area contributed by atoms with Crippen molar-refractivity contribution >= 4 is 55.0 Å². The fourth-order valence-electron chi connectivity index (χ4n) is 6.96. The minimum absolute atomic E-state index is 0.868. The number of fused-ring (bicyclic) bond motifs is 4. The number of hydrogen-bond donors (Lipinski definition) is 0. The van der Waals surface area contributed by atoms with Crippen molar-refractivity contribution in [2.75, 3.05) is 4.90 Å². The molecule has 0 saturated carbocycles. The Hall–Kier alpha value is -5.92. The maximum atomic E-state index is 2.39. The van der Waals surface area contributed by atoms with Crippen molar-refractivity contribution in [3.05, 3.63) is 193 Å². The average Bonchev–Trinajstić information content (AvgIpc) is 3.15. The van der Waals surface area contributed by atoms with Gasteiger partial charge in [-0.25, -0.2) is 0 Å². The number of anilines is 3. The molecule has 224 valence electrons. The summed E-state index contributed by atoms with van der Waals surface area (Å²) in [5, 5.41) is 7.68. The summed E-state index contributed by atoms with van der Waals surface area (Å²) < 4.78 is 0. The van der Waals surface area contributed by atoms with Gasteiger partial charge in [0.25, 0.3) is 0 Å². The van der Waals surface area contributed by atoms with Crippen LogP contribution >= 0.6 is 0 Å². The number of rotatable bonds is 7. The van der Waals surface area contributed by atoms with Crippen molar-refractivity contribution in [2.45, 2.75) is 13.3 Å². The molecule has 0 radical (unpaired) electrons. The Kier molecular flexibility index (Phi) is 7.57. The van der Waals surface area contributed by atoms with Gasteiger partial charge in [-0.15, -0.1) is 0 Å². The molecular weight excluding hydrogens is 567 g/mol. The van der Waals surface area contributed by atoms with Crippen LogP contribution in [0.2, 0.25) is 0 Å². The summed E-state index contributed by atoms with van der Waals surface area (Å²) in [5.41, 5.74) is 9.74. The lowest BCUT2D eigenvalue weighted by Crippen LogP contribution is -2.10. The topological polar surface area (TPSA) is 3.24 Å². The molecule has 1 heteroatoms. The molecular formula is C46H35N. The highest BCUT2D eigenvalue weighted by molar-refractivity contribution is 6.09. The molecule has 8 aromatic carbocycles. The molecule has 0 aliphatic heterocycles. The standard InChI is InChI=1S/C46H35N/c1-2-33(30-39-31-38-17-7-8-21-42(38)45-24-11-10-22-43(39)45)35-26-28-40(29-27-35)47(46-25-13-18-36-16-6-9-23-44(36)46)41-20-12-19-37(32-41)34-14-4-3-5-15-34/h2-29,31-32H,30H2,1H3/b33-2-. The molecule has 0 bridgehead atoms. The summed E-state index contributed by atoms with van der Waals surface area (Å²) >= 11 is 0. The second kappa shape index (κ2) is 12.5. The Morgan fingerprint density at radius 2 is 1.09 bits per heavy atom. The second-order valence-electron chi connectivity index (χ2n) is 12.1. The maximum absolute atomic E-state index is 2.39. The van der Waals surface area contributed by atoms with Gasteiger partial charge in [-0.05, 0) is 98.4 Å². The monoisotopic (exact) mass is 601 g/mol. The maximum Gasteiger partial charge on any atom is 0.0540 e. The van der Waals surface area contributed by atoms with Crippen LogP contribution in [0.4, 0.5) is 17.1 Å². The molecule has 0 amide bonds. The average molecular weight is 602 g/mol. The highest BCUT2D eigenvalue weighted by atomic mass is 15.1. The third-order valence-corrected chi connectivity index (χ3v) is 9.30. The van der Waals surface area contributed by atoms with Crippen LogP contribution in [-0.4, -0.2) is 0 Å². The molecule has 0 heterocycles. The first-order valence-electron chi connectivity index (χ1n) is 16.4. The number of allylic oxidation sites excluding steroid dienone is 2. The second-order valence-corrected chi connectivity index (χ2v) is 12.1. The van der Waals surface area contributed by atoms with E-state index in [0.29, 0.717) is 0 Å². The first-order valence-corrected chi connectivity index (χ1v) is 16.4. The predicted octanol–water partition coefficient (Wildman–Crippen LogP) is 12.9. The van der Waals surface area contributed by atoms with E-state index in [0.717, 1.165) is 23.5 Å². The third-order valence-electron chi connectivity index (χ3n) is 9.30. The fourth-order valence-corrected chi connectivity index (χ4v) is 6.96. The van der Waals surface area contributed by atoms with Crippen LogP contribution in [0.15, 0.2) is 182 Å². The van der Waals surface area contributed by atoms with Gasteiger partial charge in [0.1, 0.15) is 0 Å². The van der Waals surface area contributed by atoms with Gasteiger partial charge in [-0.3, -0.25) is 0 Å². The Morgan fingerprint density at radius 3 is 1.87 bits per heavy atom. The summed E-state index contributed by atoms with van der Waals surface area (Å²) in [6.07, 6.45) is 3.14. The Labute approximate surface area is 276 Å². The van der Waals surface area contributed by atoms with Crippen LogP contribution < -0.4 is 4.90 Å². The lowest BCUT2D eigenvalue weighted by atomic mass is 9.91. The van der Waals surface area contributed by atoms with Gasteiger partial charge >= 0.3 is 0 Å². The molecule has 0 N–H and O–H groups in total. The van der Waals surface area contributed by atoms with Crippen LogP contribution in [0, 0.1) is 0 Å². The summed E-state index contributed by atoms with van der Waals surface area (Å²) in [6, 6.07) is 63.7. The summed E-state index contributed by atoms with van der Waals surface area (Å²) in [6.45, 7) is 2.16. The highest BCUT2D eigenvalue weighted by Crippen LogP contribution is 2.41. The molecule has 0 spiro atoms. The molecule has 0 aliphatic rings. The zero-order valence-corrected chi connectivity index (χ0v) is 26.5. The molecule has 0 aromatic heterocycles. The van der Waals surface area contributed by atoms with Crippen molar-refractivity contribution in [1.82, 2.24) is 0 Å². The fraction of sp³-hybridized carbons (Fsp3) is 0.0435. The molecule has 0 atom stereocenters. The van der Waals surface area contributed by atoms with E-state index >= 15 is 0 Å². The zero-order chi connectivity index (χ0) is 31.6. The minimum atomic E-state index is 0.868. The van der Waals surface area contributed by atoms with Gasteiger partial charge in [-0.2, -0.15) is 0 Å². The summed E-state index contributed by atoms with van der Waals surface area (Å²) in [5.74, 6) is 0. The largest absolute Gasteiger partial charge is 0.310 e. The molecule has 8 rings (SSSR count). The highest BCUT2D eigenvalue weighted by Gasteiger charge is 2.17. The molecule has 0 unspecified atom stereocenters. The van der Waals surface area contributed by atoms with Gasteiger partial charge in [0.15, 0.2) is 0 Å². The van der Waals surface area contributed by atoms with Crippen LogP contribution in [0.25, 0.3) is 49.0 Å². The Bertz CT molecular complexity index is 2380. The SMILES string of the molecule is C/C=C(/Cc1cc2ccccc2c2ccccc12)c1ccc(N(c2cccc(-c3ccccc3)c2)c2cccc3ccccc23)cc1. The molecule has 0 saturated heterocycles. The quantitative estimate of drug-likeness (QED) is 0.164. The third kappa shape index (κ3) is 5.47. The van der Waals surface area contributed by atoms with Gasteiger partial charge < -0.3 is 4.90 Å². The lowest BCUT2D eigenvalue weighted by molar-refractivity contribution is 1.28. The van der Waals surface area contributed by atoms with Gasteiger partial charge in [0.2, 0.25) is 0 Å². The van der Waals surface area contributed by atoms with Crippen molar-refractivity contribution < 1.29 is 0 Å². The zero-order valence-electron chi connectivity index (χ0n) is 26.5. The van der Waals surface area contributed by atoms with E-state index in [4.69, 9.17) is 0 Å². The number of benzene rings is 8. The first-order chi connectivity index (χ1) is 23.3. The van der Waals surface area contributed by atoms with Crippen molar-refractivity contribution in [3.8, 4) is 11.1 Å². The normalized spacial score (nSPS) is 11.7. The molecule has 1 nitrogen and oxygen atoms in total. The molecule has 47 heavy (non-hydrogen) atoms. The molecule has 8 aromatic rings. The smallest absolute Gasteiger partial charge is 0.0540 e. The van der Waals surface area contributed by atoms with Crippen LogP contribution in [0.1, 0.15) is 18.1 Å². The van der Waals surface area contributed by atoms with Crippen molar-refractivity contribution in [1.29, 1.82) is 0 Å². The van der Waals surface area contributed by atoms with Gasteiger partial charge in [0.05, 0.1) is 5.69 Å². The molecule has 0 aliphatic carbocycles. The van der Waals surface area contributed by atoms with E-state index in [9.17, 15) is 0 Å². The van der Waals surface area contributed by atoms with E-state index in [-0.39, 0.29) is 0 Å². The van der Waals surface area contributed by atoms with E-state index in [1.54, 1.807) is 0 Å².